The molecule has 0 amide bonds. The fraction of sp³-hybridized carbons (Fsp3) is 0.261. The number of nitrogens with zero attached hydrogens (tertiary/aromatic N) is 5. The maximum absolute atomic E-state index is 13.5. The molecule has 3 heterocycles. The monoisotopic (exact) mass is 495 g/mol. The van der Waals surface area contributed by atoms with E-state index in [9.17, 15) is 9.59 Å². The van der Waals surface area contributed by atoms with Crippen molar-refractivity contribution in [1.29, 1.82) is 0 Å². The smallest absolute Gasteiger partial charge is 0.332 e. The number of aryl methyl sites for hydroxylation is 2. The summed E-state index contributed by atoms with van der Waals surface area (Å²) in [6.45, 7) is 1.63. The first-order valence-electron chi connectivity index (χ1n) is 10.3. The van der Waals surface area contributed by atoms with Crippen LogP contribution in [0.1, 0.15) is 12.0 Å². The molecule has 0 atom stereocenters. The van der Waals surface area contributed by atoms with Gasteiger partial charge in [0.15, 0.2) is 11.2 Å². The molecule has 4 aromatic rings. The minimum Gasteiger partial charge on any atom is -0.497 e. The summed E-state index contributed by atoms with van der Waals surface area (Å²) in [6, 6.07) is 15.3. The van der Waals surface area contributed by atoms with Crippen molar-refractivity contribution in [2.45, 2.75) is 19.5 Å². The molecule has 1 aliphatic rings. The highest BCUT2D eigenvalue weighted by Crippen LogP contribution is 2.32. The Hall–Kier alpha value is -3.33. The van der Waals surface area contributed by atoms with Crippen LogP contribution in [0.15, 0.2) is 62.6 Å². The van der Waals surface area contributed by atoms with Crippen LogP contribution in [-0.2, 0) is 20.1 Å². The van der Waals surface area contributed by atoms with Crippen LogP contribution in [0.2, 0.25) is 0 Å². The molecule has 0 fully saturated rings. The zero-order valence-corrected chi connectivity index (χ0v) is 19.4. The van der Waals surface area contributed by atoms with Crippen molar-refractivity contribution >= 4 is 38.7 Å². The lowest BCUT2D eigenvalue weighted by molar-refractivity contribution is 0.415. The molecule has 2 aromatic heterocycles. The maximum Gasteiger partial charge on any atom is 0.332 e. The number of benzene rings is 2. The predicted octanol–water partition coefficient (Wildman–Crippen LogP) is 3.26. The lowest BCUT2D eigenvalue weighted by Gasteiger charge is -2.29. The summed E-state index contributed by atoms with van der Waals surface area (Å²) in [7, 11) is 3.30. The minimum absolute atomic E-state index is 0.203. The number of methoxy groups -OCH3 is 1. The molecule has 32 heavy (non-hydrogen) atoms. The van der Waals surface area contributed by atoms with E-state index in [0.717, 1.165) is 34.4 Å². The second-order valence-electron chi connectivity index (χ2n) is 7.80. The molecule has 0 aliphatic carbocycles. The molecule has 0 saturated carbocycles. The van der Waals surface area contributed by atoms with Gasteiger partial charge in [-0.25, -0.2) is 4.79 Å². The van der Waals surface area contributed by atoms with Gasteiger partial charge >= 0.3 is 5.69 Å². The Morgan fingerprint density at radius 3 is 2.62 bits per heavy atom. The number of halogens is 1. The number of rotatable bonds is 4. The highest BCUT2D eigenvalue weighted by Gasteiger charge is 2.27. The lowest BCUT2D eigenvalue weighted by atomic mass is 10.2. The first kappa shape index (κ1) is 20.6. The van der Waals surface area contributed by atoms with Crippen molar-refractivity contribution in [3.8, 4) is 5.75 Å². The first-order chi connectivity index (χ1) is 15.5. The molecule has 0 N–H and O–H groups in total. The largest absolute Gasteiger partial charge is 0.497 e. The second kappa shape index (κ2) is 7.98. The van der Waals surface area contributed by atoms with Crippen LogP contribution in [-0.4, -0.2) is 32.3 Å². The van der Waals surface area contributed by atoms with E-state index >= 15 is 0 Å². The number of hydrogen-bond donors (Lipinski definition) is 0. The molecule has 1 aliphatic heterocycles. The van der Waals surface area contributed by atoms with E-state index in [1.807, 2.05) is 53.1 Å². The molecule has 5 rings (SSSR count). The van der Waals surface area contributed by atoms with Gasteiger partial charge in [-0.05, 0) is 36.2 Å². The summed E-state index contributed by atoms with van der Waals surface area (Å²) in [6.07, 6.45) is 0.852. The quantitative estimate of drug-likeness (QED) is 0.434. The highest BCUT2D eigenvalue weighted by atomic mass is 79.9. The molecule has 2 aromatic carbocycles. The third-order valence-corrected chi connectivity index (χ3v) is 6.36. The van der Waals surface area contributed by atoms with E-state index < -0.39 is 0 Å². The summed E-state index contributed by atoms with van der Waals surface area (Å²) in [5, 5.41) is 0. The minimum atomic E-state index is -0.381. The molecule has 164 valence electrons. The van der Waals surface area contributed by atoms with Gasteiger partial charge in [0.05, 0.1) is 13.7 Å². The van der Waals surface area contributed by atoms with Crippen LogP contribution >= 0.6 is 15.9 Å². The summed E-state index contributed by atoms with van der Waals surface area (Å²) >= 11 is 3.42. The van der Waals surface area contributed by atoms with Crippen molar-refractivity contribution in [2.24, 2.45) is 7.05 Å². The molecule has 0 saturated heterocycles. The number of aromatic nitrogens is 4. The third kappa shape index (κ3) is 3.33. The number of hydrogen-bond acceptors (Lipinski definition) is 5. The van der Waals surface area contributed by atoms with Crippen molar-refractivity contribution in [3.63, 3.8) is 0 Å². The standard InChI is InChI=1S/C23H22BrN5O3/c1-26-20-19(21(30)29(23(26)31)14-15-7-9-16(24)10-8-15)28-12-4-11-27(22(28)25-20)17-5-3-6-18(13-17)32-2/h3,5-10,13H,4,11-12,14H2,1-2H3. The number of imidazole rings is 1. The second-order valence-corrected chi connectivity index (χ2v) is 8.72. The number of fused-ring (bicyclic) bond motifs is 3. The van der Waals surface area contributed by atoms with Gasteiger partial charge in [0, 0.05) is 36.4 Å². The van der Waals surface area contributed by atoms with Crippen molar-refractivity contribution in [1.82, 2.24) is 18.7 Å². The summed E-state index contributed by atoms with van der Waals surface area (Å²) in [4.78, 5) is 33.4. The van der Waals surface area contributed by atoms with E-state index in [1.165, 1.54) is 9.13 Å². The Labute approximate surface area is 192 Å². The summed E-state index contributed by atoms with van der Waals surface area (Å²) in [5.41, 5.74) is 1.96. The van der Waals surface area contributed by atoms with Crippen LogP contribution in [0.25, 0.3) is 11.2 Å². The van der Waals surface area contributed by atoms with Gasteiger partial charge in [0.25, 0.3) is 5.56 Å². The Morgan fingerprint density at radius 2 is 1.88 bits per heavy atom. The Kier molecular flexibility index (Phi) is 5.13. The molecule has 9 heteroatoms. The van der Waals surface area contributed by atoms with Crippen molar-refractivity contribution in [3.05, 3.63) is 79.4 Å². The SMILES string of the molecule is COc1cccc(N2CCCn3c2nc2c3c(=O)n(Cc3ccc(Br)cc3)c(=O)n2C)c1. The van der Waals surface area contributed by atoms with Gasteiger partial charge < -0.3 is 14.2 Å². The highest BCUT2D eigenvalue weighted by molar-refractivity contribution is 9.10. The van der Waals surface area contributed by atoms with Gasteiger partial charge in [0.2, 0.25) is 5.95 Å². The topological polar surface area (TPSA) is 74.3 Å². The summed E-state index contributed by atoms with van der Waals surface area (Å²) in [5.74, 6) is 1.41. The fourth-order valence-corrected chi connectivity index (χ4v) is 4.46. The maximum atomic E-state index is 13.5. The third-order valence-electron chi connectivity index (χ3n) is 5.84. The van der Waals surface area contributed by atoms with Crippen LogP contribution in [0, 0.1) is 0 Å². The molecular formula is C23H22BrN5O3. The zero-order valence-electron chi connectivity index (χ0n) is 17.8. The van der Waals surface area contributed by atoms with Gasteiger partial charge in [-0.2, -0.15) is 4.98 Å². The van der Waals surface area contributed by atoms with Gasteiger partial charge in [-0.1, -0.05) is 34.1 Å². The van der Waals surface area contributed by atoms with Gasteiger partial charge in [-0.15, -0.1) is 0 Å². The average Bonchev–Trinajstić information content (AvgIpc) is 3.22. The molecule has 8 nitrogen and oxygen atoms in total. The summed E-state index contributed by atoms with van der Waals surface area (Å²) < 4.78 is 11.0. The normalized spacial score (nSPS) is 13.4. The van der Waals surface area contributed by atoms with E-state index in [2.05, 4.69) is 20.8 Å². The predicted molar refractivity (Wildman–Crippen MR) is 127 cm³/mol. The zero-order chi connectivity index (χ0) is 22.4. The van der Waals surface area contributed by atoms with E-state index in [1.54, 1.807) is 14.2 Å². The molecular weight excluding hydrogens is 474 g/mol. The Morgan fingerprint density at radius 1 is 1.09 bits per heavy atom. The number of anilines is 2. The average molecular weight is 496 g/mol. The van der Waals surface area contributed by atoms with Crippen LogP contribution < -0.4 is 20.9 Å². The van der Waals surface area contributed by atoms with Crippen LogP contribution in [0.3, 0.4) is 0 Å². The number of ether oxygens (including phenoxy) is 1. The van der Waals surface area contributed by atoms with Crippen molar-refractivity contribution in [2.75, 3.05) is 18.6 Å². The molecule has 0 unspecified atom stereocenters. The van der Waals surface area contributed by atoms with Crippen LogP contribution in [0.5, 0.6) is 5.75 Å². The molecule has 0 radical (unpaired) electrons. The van der Waals surface area contributed by atoms with E-state index in [0.29, 0.717) is 23.7 Å². The fourth-order valence-electron chi connectivity index (χ4n) is 4.20. The van der Waals surface area contributed by atoms with Gasteiger partial charge in [-0.3, -0.25) is 13.9 Å². The Balaban J connectivity index is 1.68. The Bertz CT molecular complexity index is 1440. The first-order valence-corrected chi connectivity index (χ1v) is 11.1. The van der Waals surface area contributed by atoms with E-state index in [-0.39, 0.29) is 17.8 Å². The molecule has 0 bridgehead atoms. The lowest BCUT2D eigenvalue weighted by Crippen LogP contribution is -2.40. The van der Waals surface area contributed by atoms with Crippen molar-refractivity contribution < 1.29 is 4.74 Å². The van der Waals surface area contributed by atoms with Crippen LogP contribution in [0.4, 0.5) is 11.6 Å². The molecule has 0 spiro atoms. The van der Waals surface area contributed by atoms with E-state index in [4.69, 9.17) is 9.72 Å². The van der Waals surface area contributed by atoms with Gasteiger partial charge in [0.1, 0.15) is 5.75 Å².